The Morgan fingerprint density at radius 3 is 1.44 bits per heavy atom. The molecule has 0 atom stereocenters. The average Bonchev–Trinajstić information content (AvgIpc) is 1.66. The molecule has 0 bridgehead atoms. The summed E-state index contributed by atoms with van der Waals surface area (Å²) in [5.41, 5.74) is 0. The summed E-state index contributed by atoms with van der Waals surface area (Å²) in [5.74, 6) is 0. The van der Waals surface area contributed by atoms with E-state index in [-0.39, 0.29) is 5.27 Å². The second kappa shape index (κ2) is 11.6. The standard InChI is InChI=1S/C2H6B2O.CH5BS2/c1-3-5-4-2;1-2(3)4/h1-2H3;3-4H,1H3. The van der Waals surface area contributed by atoms with E-state index in [1.807, 2.05) is 20.5 Å². The molecule has 0 fully saturated rings. The molecule has 0 N–H and O–H groups in total. The molecule has 0 rings (SSSR count). The molecule has 0 saturated carbocycles. The first-order valence-electron chi connectivity index (χ1n) is 2.72. The van der Waals surface area contributed by atoms with Crippen molar-refractivity contribution in [2.75, 3.05) is 0 Å². The van der Waals surface area contributed by atoms with E-state index in [2.05, 4.69) is 29.5 Å². The molecule has 0 heterocycles. The zero-order valence-electron chi connectivity index (χ0n) is 6.03. The zero-order valence-corrected chi connectivity index (χ0v) is 7.82. The van der Waals surface area contributed by atoms with Crippen LogP contribution in [0.2, 0.25) is 20.5 Å². The first-order chi connectivity index (χ1) is 4.15. The van der Waals surface area contributed by atoms with E-state index in [9.17, 15) is 0 Å². The van der Waals surface area contributed by atoms with E-state index in [1.54, 1.807) is 15.0 Å². The molecule has 6 heteroatoms. The summed E-state index contributed by atoms with van der Waals surface area (Å²) < 4.78 is 4.58. The van der Waals surface area contributed by atoms with Crippen LogP contribution in [-0.2, 0) is 4.57 Å². The minimum absolute atomic E-state index is 0.222. The van der Waals surface area contributed by atoms with Crippen LogP contribution < -0.4 is 0 Å². The van der Waals surface area contributed by atoms with Crippen molar-refractivity contribution in [1.29, 1.82) is 0 Å². The Morgan fingerprint density at radius 1 is 1.22 bits per heavy atom. The van der Waals surface area contributed by atoms with Crippen molar-refractivity contribution < 1.29 is 4.57 Å². The summed E-state index contributed by atoms with van der Waals surface area (Å²) in [4.78, 5) is 0. The van der Waals surface area contributed by atoms with Crippen molar-refractivity contribution in [3.05, 3.63) is 0 Å². The van der Waals surface area contributed by atoms with Gasteiger partial charge in [0.1, 0.15) is 0 Å². The third-order valence-electron chi connectivity index (χ3n) is 0.272. The monoisotopic (exact) mass is 160 g/mol. The average molecular weight is 160 g/mol. The quantitative estimate of drug-likeness (QED) is 0.456. The highest BCUT2D eigenvalue weighted by Gasteiger charge is 1.80. The molecule has 0 amide bonds. The fraction of sp³-hybridized carbons (Fsp3) is 1.00. The highest BCUT2D eigenvalue weighted by Crippen LogP contribution is 1.87. The molecule has 2 radical (unpaired) electrons. The Balaban J connectivity index is 0. The summed E-state index contributed by atoms with van der Waals surface area (Å²) in [5, 5.41) is 0.222. The normalized spacial score (nSPS) is 6.78. The van der Waals surface area contributed by atoms with Crippen LogP contribution in [-0.4, -0.2) is 20.2 Å². The van der Waals surface area contributed by atoms with Crippen LogP contribution in [0.4, 0.5) is 0 Å². The van der Waals surface area contributed by atoms with Gasteiger partial charge in [-0.2, -0.15) is 0 Å². The van der Waals surface area contributed by atoms with Gasteiger partial charge >= 0.3 is 0 Å². The lowest BCUT2D eigenvalue weighted by Crippen LogP contribution is -1.92. The van der Waals surface area contributed by atoms with Crippen LogP contribution in [0.3, 0.4) is 0 Å². The molecule has 0 aliphatic rings. The van der Waals surface area contributed by atoms with Gasteiger partial charge in [-0.1, -0.05) is 20.5 Å². The Morgan fingerprint density at radius 2 is 1.44 bits per heavy atom. The van der Waals surface area contributed by atoms with Crippen LogP contribution in [0, 0.1) is 0 Å². The van der Waals surface area contributed by atoms with Gasteiger partial charge in [0, 0.05) is 0 Å². The fourth-order valence-corrected chi connectivity index (χ4v) is 0.136. The van der Waals surface area contributed by atoms with E-state index in [0.717, 1.165) is 0 Å². The Hall–Kier alpha value is 0.855. The molecule has 0 saturated heterocycles. The Labute approximate surface area is 70.6 Å². The molecule has 0 aromatic heterocycles. The number of thiol groups is 2. The van der Waals surface area contributed by atoms with Gasteiger partial charge in [0.15, 0.2) is 0 Å². The largest absolute Gasteiger partial charge is 0.506 e. The van der Waals surface area contributed by atoms with Crippen LogP contribution in [0.15, 0.2) is 0 Å². The molecule has 0 aliphatic carbocycles. The van der Waals surface area contributed by atoms with E-state index in [1.165, 1.54) is 0 Å². The van der Waals surface area contributed by atoms with Crippen molar-refractivity contribution >= 4 is 45.2 Å². The predicted molar refractivity (Wildman–Crippen MR) is 53.9 cm³/mol. The minimum atomic E-state index is 0.222. The van der Waals surface area contributed by atoms with Crippen LogP contribution in [0.25, 0.3) is 0 Å². The van der Waals surface area contributed by atoms with E-state index in [0.29, 0.717) is 0 Å². The maximum absolute atomic E-state index is 4.58. The van der Waals surface area contributed by atoms with Crippen LogP contribution >= 0.6 is 25.0 Å². The molecule has 9 heavy (non-hydrogen) atoms. The number of rotatable bonds is 2. The highest BCUT2D eigenvalue weighted by molar-refractivity contribution is 8.40. The number of hydrogen-bond acceptors (Lipinski definition) is 3. The molecule has 0 aromatic carbocycles. The van der Waals surface area contributed by atoms with Gasteiger partial charge < -0.3 is 4.57 Å². The molecule has 0 aliphatic heterocycles. The zero-order chi connectivity index (χ0) is 7.70. The maximum Gasteiger partial charge on any atom is 0.269 e. The number of hydrogen-bond donors (Lipinski definition) is 2. The molecule has 0 spiro atoms. The molecular formula is C3H11B3OS2. The van der Waals surface area contributed by atoms with Gasteiger partial charge in [-0.3, -0.25) is 0 Å². The van der Waals surface area contributed by atoms with E-state index >= 15 is 0 Å². The lowest BCUT2D eigenvalue weighted by atomic mass is 9.99. The molecular weight excluding hydrogens is 149 g/mol. The van der Waals surface area contributed by atoms with E-state index < -0.39 is 0 Å². The van der Waals surface area contributed by atoms with Crippen molar-refractivity contribution in [1.82, 2.24) is 0 Å². The SMILES string of the molecule is CB(S)S.C[B]O[B]C. The lowest BCUT2D eigenvalue weighted by Gasteiger charge is -1.82. The van der Waals surface area contributed by atoms with Crippen molar-refractivity contribution in [2.45, 2.75) is 20.5 Å². The smallest absolute Gasteiger partial charge is 0.269 e. The van der Waals surface area contributed by atoms with Crippen LogP contribution in [0.5, 0.6) is 0 Å². The third kappa shape index (κ3) is 51.1. The summed E-state index contributed by atoms with van der Waals surface area (Å²) in [6.07, 6.45) is 0. The lowest BCUT2D eigenvalue weighted by molar-refractivity contribution is 0.652. The van der Waals surface area contributed by atoms with Gasteiger partial charge in [0.2, 0.25) is 0 Å². The molecule has 0 aromatic rings. The molecule has 50 valence electrons. The second-order valence-electron chi connectivity index (χ2n) is 1.24. The van der Waals surface area contributed by atoms with Gasteiger partial charge in [0.05, 0.1) is 0 Å². The summed E-state index contributed by atoms with van der Waals surface area (Å²) in [6.45, 7) is 5.56. The summed E-state index contributed by atoms with van der Waals surface area (Å²) in [6, 6.07) is 0. The summed E-state index contributed by atoms with van der Waals surface area (Å²) in [7, 11) is 3.25. The molecule has 1 nitrogen and oxygen atoms in total. The van der Waals surface area contributed by atoms with Gasteiger partial charge in [0.25, 0.3) is 20.2 Å². The molecule has 0 unspecified atom stereocenters. The minimum Gasteiger partial charge on any atom is -0.506 e. The maximum atomic E-state index is 4.58. The summed E-state index contributed by atoms with van der Waals surface area (Å²) >= 11 is 7.66. The van der Waals surface area contributed by atoms with Gasteiger partial charge in [-0.05, 0) is 0 Å². The van der Waals surface area contributed by atoms with Crippen molar-refractivity contribution in [3.63, 3.8) is 0 Å². The van der Waals surface area contributed by atoms with Crippen LogP contribution in [0.1, 0.15) is 0 Å². The second-order valence-corrected chi connectivity index (χ2v) is 3.20. The van der Waals surface area contributed by atoms with Gasteiger partial charge in [-0.25, -0.2) is 25.0 Å². The first kappa shape index (κ1) is 12.5. The Kier molecular flexibility index (Phi) is 16.2. The van der Waals surface area contributed by atoms with Gasteiger partial charge in [-0.15, -0.1) is 0 Å². The topological polar surface area (TPSA) is 9.23 Å². The fourth-order valence-electron chi connectivity index (χ4n) is 0.136. The van der Waals surface area contributed by atoms with Crippen molar-refractivity contribution in [3.8, 4) is 0 Å². The first-order valence-corrected chi connectivity index (χ1v) is 3.75. The predicted octanol–water partition coefficient (Wildman–Crippen LogP) is 1.30. The van der Waals surface area contributed by atoms with Crippen molar-refractivity contribution in [2.24, 2.45) is 0 Å². The highest BCUT2D eigenvalue weighted by atomic mass is 32.2. The Bertz CT molecular complexity index is 41.3. The van der Waals surface area contributed by atoms with E-state index in [4.69, 9.17) is 0 Å². The third-order valence-corrected chi connectivity index (χ3v) is 0.272.